The summed E-state index contributed by atoms with van der Waals surface area (Å²) < 4.78 is 16.3. The Kier molecular flexibility index (Phi) is 7.05. The quantitative estimate of drug-likeness (QED) is 0.667. The van der Waals surface area contributed by atoms with Gasteiger partial charge in [0.25, 0.3) is 5.91 Å². The molecular weight excluding hydrogens is 396 g/mol. The Bertz CT molecular complexity index is 957. The van der Waals surface area contributed by atoms with Crippen molar-refractivity contribution >= 4 is 11.8 Å². The fourth-order valence-electron chi connectivity index (χ4n) is 4.09. The van der Waals surface area contributed by atoms with E-state index >= 15 is 0 Å². The van der Waals surface area contributed by atoms with Crippen molar-refractivity contribution in [2.24, 2.45) is 5.92 Å². The highest BCUT2D eigenvalue weighted by Crippen LogP contribution is 2.39. The molecule has 1 N–H and O–H groups in total. The van der Waals surface area contributed by atoms with Gasteiger partial charge in [0.1, 0.15) is 6.04 Å². The molecule has 0 unspecified atom stereocenters. The van der Waals surface area contributed by atoms with Gasteiger partial charge >= 0.3 is 0 Å². The van der Waals surface area contributed by atoms with Crippen LogP contribution in [0.25, 0.3) is 0 Å². The number of rotatable bonds is 9. The first-order valence-corrected chi connectivity index (χ1v) is 10.4. The molecule has 2 amide bonds. The van der Waals surface area contributed by atoms with Crippen molar-refractivity contribution in [3.63, 3.8) is 0 Å². The van der Waals surface area contributed by atoms with E-state index in [2.05, 4.69) is 5.32 Å². The summed E-state index contributed by atoms with van der Waals surface area (Å²) in [6.45, 7) is 4.77. The molecule has 31 heavy (non-hydrogen) atoms. The maximum Gasteiger partial charge on any atom is 0.255 e. The van der Waals surface area contributed by atoms with Crippen molar-refractivity contribution in [3.05, 3.63) is 53.1 Å². The van der Waals surface area contributed by atoms with Crippen LogP contribution in [-0.4, -0.2) is 50.6 Å². The van der Waals surface area contributed by atoms with Crippen LogP contribution in [0.3, 0.4) is 0 Å². The fourth-order valence-corrected chi connectivity index (χ4v) is 4.09. The number of benzene rings is 2. The number of nitrogens with zero attached hydrogens (tertiary/aromatic N) is 1. The number of carbonyl (C=O) groups is 2. The third-order valence-electron chi connectivity index (χ3n) is 5.56. The second kappa shape index (κ2) is 9.73. The zero-order valence-corrected chi connectivity index (χ0v) is 18.7. The third kappa shape index (κ3) is 4.45. The van der Waals surface area contributed by atoms with E-state index in [1.165, 1.54) is 0 Å². The van der Waals surface area contributed by atoms with Crippen molar-refractivity contribution in [2.75, 3.05) is 27.9 Å². The summed E-state index contributed by atoms with van der Waals surface area (Å²) in [5.74, 6) is 1.42. The van der Waals surface area contributed by atoms with Gasteiger partial charge in [-0.2, -0.15) is 0 Å². The van der Waals surface area contributed by atoms with Gasteiger partial charge in [-0.05, 0) is 30.0 Å². The van der Waals surface area contributed by atoms with Crippen LogP contribution >= 0.6 is 0 Å². The first-order chi connectivity index (χ1) is 14.9. The lowest BCUT2D eigenvalue weighted by atomic mass is 10.0. The monoisotopic (exact) mass is 426 g/mol. The average Bonchev–Trinajstić information content (AvgIpc) is 3.09. The zero-order valence-electron chi connectivity index (χ0n) is 18.7. The van der Waals surface area contributed by atoms with Crippen LogP contribution in [0, 0.1) is 5.92 Å². The fraction of sp³-hybridized carbons (Fsp3) is 0.417. The van der Waals surface area contributed by atoms with E-state index in [9.17, 15) is 9.59 Å². The lowest BCUT2D eigenvalue weighted by molar-refractivity contribution is -0.127. The molecule has 0 fully saturated rings. The number of amides is 2. The lowest BCUT2D eigenvalue weighted by Gasteiger charge is -2.30. The van der Waals surface area contributed by atoms with Gasteiger partial charge < -0.3 is 24.4 Å². The molecule has 0 aliphatic carbocycles. The molecule has 0 bridgehead atoms. The van der Waals surface area contributed by atoms with Crippen LogP contribution in [0.4, 0.5) is 0 Å². The first kappa shape index (κ1) is 22.5. The van der Waals surface area contributed by atoms with Crippen LogP contribution < -0.4 is 19.5 Å². The van der Waals surface area contributed by atoms with Crippen molar-refractivity contribution in [1.29, 1.82) is 0 Å². The Balaban J connectivity index is 1.69. The lowest BCUT2D eigenvalue weighted by Crippen LogP contribution is -2.50. The second-order valence-electron chi connectivity index (χ2n) is 7.81. The number of nitrogens with one attached hydrogen (secondary N) is 1. The van der Waals surface area contributed by atoms with Gasteiger partial charge in [-0.3, -0.25) is 9.59 Å². The van der Waals surface area contributed by atoms with Crippen LogP contribution in [0.1, 0.15) is 35.3 Å². The summed E-state index contributed by atoms with van der Waals surface area (Å²) in [4.78, 5) is 27.6. The molecule has 0 radical (unpaired) electrons. The van der Waals surface area contributed by atoms with Crippen molar-refractivity contribution in [3.8, 4) is 17.2 Å². The molecule has 1 heterocycles. The molecule has 2 aromatic rings. The first-order valence-electron chi connectivity index (χ1n) is 10.4. The van der Waals surface area contributed by atoms with E-state index in [0.717, 1.165) is 11.1 Å². The van der Waals surface area contributed by atoms with Crippen LogP contribution in [0.5, 0.6) is 17.2 Å². The number of ether oxygens (including phenoxy) is 3. The summed E-state index contributed by atoms with van der Waals surface area (Å²) in [6, 6.07) is 10.7. The van der Waals surface area contributed by atoms with E-state index in [-0.39, 0.29) is 17.7 Å². The maximum absolute atomic E-state index is 13.1. The van der Waals surface area contributed by atoms with Gasteiger partial charge in [-0.15, -0.1) is 0 Å². The van der Waals surface area contributed by atoms with Crippen LogP contribution in [0.2, 0.25) is 0 Å². The molecule has 7 heteroatoms. The van der Waals surface area contributed by atoms with E-state index in [0.29, 0.717) is 42.3 Å². The minimum Gasteiger partial charge on any atom is -0.493 e. The summed E-state index contributed by atoms with van der Waals surface area (Å²) in [5, 5.41) is 2.99. The Morgan fingerprint density at radius 2 is 1.74 bits per heavy atom. The molecule has 3 rings (SSSR count). The van der Waals surface area contributed by atoms with E-state index < -0.39 is 6.04 Å². The van der Waals surface area contributed by atoms with Crippen molar-refractivity contribution < 1.29 is 23.8 Å². The van der Waals surface area contributed by atoms with Crippen LogP contribution in [0.15, 0.2) is 36.4 Å². The Morgan fingerprint density at radius 3 is 2.35 bits per heavy atom. The molecule has 7 nitrogen and oxygen atoms in total. The van der Waals surface area contributed by atoms with Gasteiger partial charge in [-0.1, -0.05) is 38.1 Å². The highest BCUT2D eigenvalue weighted by atomic mass is 16.5. The van der Waals surface area contributed by atoms with Gasteiger partial charge in [0, 0.05) is 24.2 Å². The van der Waals surface area contributed by atoms with E-state index in [1.54, 1.807) is 26.2 Å². The zero-order chi connectivity index (χ0) is 22.5. The third-order valence-corrected chi connectivity index (χ3v) is 5.56. The average molecular weight is 427 g/mol. The largest absolute Gasteiger partial charge is 0.493 e. The molecule has 1 atom stereocenters. The SMILES string of the molecule is COc1ccc(CCNC(=O)[C@H](C(C)C)N2Cc3ccccc3C2=O)c(OC)c1OC. The molecule has 0 spiro atoms. The minimum absolute atomic E-state index is 0.0196. The highest BCUT2D eigenvalue weighted by molar-refractivity contribution is 6.01. The van der Waals surface area contributed by atoms with Crippen molar-refractivity contribution in [2.45, 2.75) is 32.9 Å². The molecule has 0 saturated heterocycles. The van der Waals surface area contributed by atoms with Crippen LogP contribution in [-0.2, 0) is 17.8 Å². The van der Waals surface area contributed by atoms with Crippen molar-refractivity contribution in [1.82, 2.24) is 10.2 Å². The molecule has 1 aliphatic heterocycles. The number of hydrogen-bond donors (Lipinski definition) is 1. The second-order valence-corrected chi connectivity index (χ2v) is 7.81. The molecule has 0 saturated carbocycles. The topological polar surface area (TPSA) is 77.1 Å². The minimum atomic E-state index is -0.535. The normalized spacial score (nSPS) is 13.7. The number of hydrogen-bond acceptors (Lipinski definition) is 5. The predicted molar refractivity (Wildman–Crippen MR) is 118 cm³/mol. The Hall–Kier alpha value is -3.22. The molecule has 1 aliphatic rings. The summed E-state index contributed by atoms with van der Waals surface area (Å²) in [5.41, 5.74) is 2.53. The smallest absolute Gasteiger partial charge is 0.255 e. The predicted octanol–water partition coefficient (Wildman–Crippen LogP) is 3.05. The highest BCUT2D eigenvalue weighted by Gasteiger charge is 2.37. The van der Waals surface area contributed by atoms with E-state index in [1.807, 2.05) is 50.2 Å². The van der Waals surface area contributed by atoms with E-state index in [4.69, 9.17) is 14.2 Å². The van der Waals surface area contributed by atoms with Gasteiger partial charge in [0.2, 0.25) is 11.7 Å². The summed E-state index contributed by atoms with van der Waals surface area (Å²) in [7, 11) is 4.70. The van der Waals surface area contributed by atoms with Gasteiger partial charge in [-0.25, -0.2) is 0 Å². The molecule has 2 aromatic carbocycles. The molecule has 166 valence electrons. The summed E-state index contributed by atoms with van der Waals surface area (Å²) >= 11 is 0. The molecule has 0 aromatic heterocycles. The Morgan fingerprint density at radius 1 is 1.03 bits per heavy atom. The van der Waals surface area contributed by atoms with Gasteiger partial charge in [0.05, 0.1) is 21.3 Å². The number of fused-ring (bicyclic) bond motifs is 1. The maximum atomic E-state index is 13.1. The number of methoxy groups -OCH3 is 3. The van der Waals surface area contributed by atoms with Gasteiger partial charge in [0.15, 0.2) is 11.5 Å². The Labute approximate surface area is 183 Å². The standard InChI is InChI=1S/C24H30N2O5/c1-15(2)20(26-14-17-8-6-7-9-18(17)24(26)28)23(27)25-13-12-16-10-11-19(29-3)22(31-5)21(16)30-4/h6-11,15,20H,12-14H2,1-5H3,(H,25,27)/t20-/m0/s1. The summed E-state index contributed by atoms with van der Waals surface area (Å²) in [6.07, 6.45) is 0.550. The number of carbonyl (C=O) groups excluding carboxylic acids is 2. The molecular formula is C24H30N2O5.